The Hall–Kier alpha value is -0.620. The number of aromatic nitrogens is 1. The minimum atomic E-state index is -4.59. The van der Waals surface area contributed by atoms with Gasteiger partial charge in [-0.1, -0.05) is 0 Å². The molecule has 0 radical (unpaired) electrons. The summed E-state index contributed by atoms with van der Waals surface area (Å²) in [5.41, 5.74) is -0.108. The van der Waals surface area contributed by atoms with E-state index in [1.165, 1.54) is 12.3 Å². The molecule has 0 bridgehead atoms. The summed E-state index contributed by atoms with van der Waals surface area (Å²) in [5, 5.41) is 8.95. The van der Waals surface area contributed by atoms with Crippen LogP contribution in [0.25, 0.3) is 0 Å². The van der Waals surface area contributed by atoms with Gasteiger partial charge >= 0.3 is 6.18 Å². The molecule has 0 aliphatic carbocycles. The van der Waals surface area contributed by atoms with Crippen molar-refractivity contribution in [2.45, 2.75) is 18.8 Å². The molecule has 6 heteroatoms. The number of nitrogens with zero attached hydrogens (tertiary/aromatic N) is 1. The number of aliphatic hydroxyl groups is 1. The van der Waals surface area contributed by atoms with Crippen molar-refractivity contribution in [1.82, 2.24) is 4.57 Å². The summed E-state index contributed by atoms with van der Waals surface area (Å²) in [4.78, 5) is 0. The van der Waals surface area contributed by atoms with Crippen molar-refractivity contribution in [2.75, 3.05) is 12.0 Å². The molecular formula is C9H12F3NOS. The number of hydrogen-bond donors (Lipinski definition) is 1. The van der Waals surface area contributed by atoms with E-state index in [0.29, 0.717) is 6.54 Å². The summed E-state index contributed by atoms with van der Waals surface area (Å²) in [7, 11) is 0. The highest BCUT2D eigenvalue weighted by Crippen LogP contribution is 2.32. The minimum absolute atomic E-state index is 0.108. The van der Waals surface area contributed by atoms with Crippen LogP contribution in [0.3, 0.4) is 0 Å². The van der Waals surface area contributed by atoms with Crippen LogP contribution in [-0.2, 0) is 6.54 Å². The fourth-order valence-corrected chi connectivity index (χ4v) is 1.54. The first-order chi connectivity index (χ1) is 6.95. The van der Waals surface area contributed by atoms with E-state index in [4.69, 9.17) is 5.11 Å². The molecule has 2 nitrogen and oxygen atoms in total. The van der Waals surface area contributed by atoms with E-state index in [2.05, 4.69) is 0 Å². The lowest BCUT2D eigenvalue weighted by molar-refractivity contribution is -0.206. The van der Waals surface area contributed by atoms with Gasteiger partial charge in [0.25, 0.3) is 0 Å². The first kappa shape index (κ1) is 12.4. The molecular weight excluding hydrogens is 227 g/mol. The Bertz CT molecular complexity index is 311. The van der Waals surface area contributed by atoms with Crippen molar-refractivity contribution in [3.8, 4) is 0 Å². The number of thioether (sulfide) groups is 1. The summed E-state index contributed by atoms with van der Waals surface area (Å²) in [6.07, 6.45) is -2.18. The van der Waals surface area contributed by atoms with Crippen molar-refractivity contribution in [2.24, 2.45) is 0 Å². The highest BCUT2D eigenvalue weighted by Gasteiger charge is 2.39. The number of alkyl halides is 3. The molecule has 0 aliphatic rings. The van der Waals surface area contributed by atoms with Gasteiger partial charge in [0.15, 0.2) is 6.10 Å². The van der Waals surface area contributed by atoms with Gasteiger partial charge in [0.1, 0.15) is 0 Å². The Morgan fingerprint density at radius 2 is 2.20 bits per heavy atom. The Morgan fingerprint density at radius 1 is 1.53 bits per heavy atom. The molecule has 0 saturated heterocycles. The molecule has 0 aromatic carbocycles. The Balaban J connectivity index is 2.67. The Morgan fingerprint density at radius 3 is 2.73 bits per heavy atom. The lowest BCUT2D eigenvalue weighted by Crippen LogP contribution is -2.19. The molecule has 1 rings (SSSR count). The molecule has 0 aliphatic heterocycles. The second-order valence-corrected chi connectivity index (χ2v) is 4.11. The van der Waals surface area contributed by atoms with Gasteiger partial charge in [-0.3, -0.25) is 0 Å². The van der Waals surface area contributed by atoms with Gasteiger partial charge in [0.2, 0.25) is 0 Å². The standard InChI is InChI=1S/C9H12F3NOS/c1-15-5-4-13-3-2-7(6-13)8(14)9(10,11)12/h2-3,6,8,14H,4-5H2,1H3. The summed E-state index contributed by atoms with van der Waals surface area (Å²) in [6.45, 7) is 0.645. The highest BCUT2D eigenvalue weighted by atomic mass is 32.2. The third kappa shape index (κ3) is 3.46. The summed E-state index contributed by atoms with van der Waals surface area (Å²) in [6, 6.07) is 1.29. The van der Waals surface area contributed by atoms with E-state index >= 15 is 0 Å². The second-order valence-electron chi connectivity index (χ2n) is 3.12. The molecule has 0 amide bonds. The number of rotatable bonds is 4. The average Bonchev–Trinajstić information content (AvgIpc) is 2.60. The van der Waals surface area contributed by atoms with Gasteiger partial charge in [0, 0.05) is 30.3 Å². The molecule has 0 fully saturated rings. The van der Waals surface area contributed by atoms with E-state index in [9.17, 15) is 13.2 Å². The van der Waals surface area contributed by atoms with Crippen LogP contribution < -0.4 is 0 Å². The van der Waals surface area contributed by atoms with Crippen molar-refractivity contribution in [1.29, 1.82) is 0 Å². The van der Waals surface area contributed by atoms with Gasteiger partial charge in [0.05, 0.1) is 0 Å². The van der Waals surface area contributed by atoms with Crippen molar-refractivity contribution in [3.63, 3.8) is 0 Å². The van der Waals surface area contributed by atoms with Crippen LogP contribution in [0.5, 0.6) is 0 Å². The molecule has 1 atom stereocenters. The molecule has 0 spiro atoms. The van der Waals surface area contributed by atoms with Gasteiger partial charge in [-0.05, 0) is 12.3 Å². The highest BCUT2D eigenvalue weighted by molar-refractivity contribution is 7.98. The number of hydrogen-bond acceptors (Lipinski definition) is 2. The van der Waals surface area contributed by atoms with Crippen LogP contribution >= 0.6 is 11.8 Å². The Labute approximate surface area is 90.1 Å². The fourth-order valence-electron chi connectivity index (χ4n) is 1.15. The van der Waals surface area contributed by atoms with Gasteiger partial charge in [-0.15, -0.1) is 0 Å². The minimum Gasteiger partial charge on any atom is -0.379 e. The maximum atomic E-state index is 12.1. The van der Waals surface area contributed by atoms with E-state index in [0.717, 1.165) is 5.75 Å². The zero-order valence-corrected chi connectivity index (χ0v) is 8.98. The lowest BCUT2D eigenvalue weighted by atomic mass is 10.2. The topological polar surface area (TPSA) is 25.2 Å². The number of aryl methyl sites for hydroxylation is 1. The Kier molecular flexibility index (Phi) is 4.10. The molecule has 1 N–H and O–H groups in total. The zero-order chi connectivity index (χ0) is 11.5. The molecule has 1 aromatic heterocycles. The summed E-state index contributed by atoms with van der Waals surface area (Å²) < 4.78 is 38.0. The van der Waals surface area contributed by atoms with Gasteiger partial charge in [-0.2, -0.15) is 24.9 Å². The molecule has 1 aromatic rings. The smallest absolute Gasteiger partial charge is 0.379 e. The number of aliphatic hydroxyl groups excluding tert-OH is 1. The van der Waals surface area contributed by atoms with Crippen molar-refractivity contribution in [3.05, 3.63) is 24.0 Å². The quantitative estimate of drug-likeness (QED) is 0.873. The van der Waals surface area contributed by atoms with Gasteiger partial charge < -0.3 is 9.67 Å². The third-order valence-electron chi connectivity index (χ3n) is 1.95. The summed E-state index contributed by atoms with van der Waals surface area (Å²) in [5.74, 6) is 0.830. The first-order valence-electron chi connectivity index (χ1n) is 4.34. The lowest BCUT2D eigenvalue weighted by Gasteiger charge is -2.12. The SMILES string of the molecule is CSCCn1ccc(C(O)C(F)(F)F)c1. The first-order valence-corrected chi connectivity index (χ1v) is 5.74. The van der Waals surface area contributed by atoms with Crippen LogP contribution in [0.1, 0.15) is 11.7 Å². The number of halogens is 3. The maximum Gasteiger partial charge on any atom is 0.418 e. The van der Waals surface area contributed by atoms with E-state index in [-0.39, 0.29) is 5.56 Å². The predicted octanol–water partition coefficient (Wildman–Crippen LogP) is 2.45. The van der Waals surface area contributed by atoms with E-state index in [1.807, 2.05) is 6.26 Å². The molecule has 1 heterocycles. The maximum absolute atomic E-state index is 12.1. The monoisotopic (exact) mass is 239 g/mol. The fraction of sp³-hybridized carbons (Fsp3) is 0.556. The van der Waals surface area contributed by atoms with E-state index < -0.39 is 12.3 Å². The van der Waals surface area contributed by atoms with E-state index in [1.54, 1.807) is 22.5 Å². The normalized spacial score (nSPS) is 14.2. The third-order valence-corrected chi connectivity index (χ3v) is 2.54. The van der Waals surface area contributed by atoms with Crippen LogP contribution in [0.2, 0.25) is 0 Å². The second kappa shape index (κ2) is 4.94. The van der Waals surface area contributed by atoms with Crippen LogP contribution in [-0.4, -0.2) is 27.9 Å². The largest absolute Gasteiger partial charge is 0.418 e. The molecule has 86 valence electrons. The zero-order valence-electron chi connectivity index (χ0n) is 8.16. The summed E-state index contributed by atoms with van der Waals surface area (Å²) >= 11 is 1.61. The van der Waals surface area contributed by atoms with Crippen LogP contribution in [0.15, 0.2) is 18.5 Å². The molecule has 1 unspecified atom stereocenters. The van der Waals surface area contributed by atoms with Crippen molar-refractivity contribution >= 4 is 11.8 Å². The molecule has 0 saturated carbocycles. The van der Waals surface area contributed by atoms with Crippen molar-refractivity contribution < 1.29 is 18.3 Å². The average molecular weight is 239 g/mol. The predicted molar refractivity (Wildman–Crippen MR) is 53.8 cm³/mol. The van der Waals surface area contributed by atoms with Crippen LogP contribution in [0, 0.1) is 0 Å². The van der Waals surface area contributed by atoms with Crippen LogP contribution in [0.4, 0.5) is 13.2 Å². The van der Waals surface area contributed by atoms with Gasteiger partial charge in [-0.25, -0.2) is 0 Å². The molecule has 15 heavy (non-hydrogen) atoms.